The van der Waals surface area contributed by atoms with Crippen molar-refractivity contribution in [2.45, 2.75) is 26.2 Å². The van der Waals surface area contributed by atoms with Gasteiger partial charge in [0.15, 0.2) is 0 Å². The first-order valence-electron chi connectivity index (χ1n) is 6.77. The number of H-pyrrole nitrogens is 1. The van der Waals surface area contributed by atoms with Crippen molar-refractivity contribution in [3.8, 4) is 0 Å². The van der Waals surface area contributed by atoms with E-state index < -0.39 is 0 Å². The van der Waals surface area contributed by atoms with E-state index in [1.807, 2.05) is 24.4 Å². The molecule has 0 unspecified atom stereocenters. The zero-order valence-corrected chi connectivity index (χ0v) is 11.2. The van der Waals surface area contributed by atoms with Crippen LogP contribution in [0, 0.1) is 0 Å². The number of ether oxygens (including phenoxy) is 1. The second-order valence-corrected chi connectivity index (χ2v) is 4.53. The SMILES string of the molecule is CCCCOC(=O)NCCc1c[nH]c2ccccc12. The smallest absolute Gasteiger partial charge is 0.407 e. The van der Waals surface area contributed by atoms with Gasteiger partial charge in [-0.2, -0.15) is 0 Å². The summed E-state index contributed by atoms with van der Waals surface area (Å²) in [7, 11) is 0. The van der Waals surface area contributed by atoms with Gasteiger partial charge in [0.1, 0.15) is 0 Å². The molecule has 1 aromatic carbocycles. The van der Waals surface area contributed by atoms with Gasteiger partial charge in [0.25, 0.3) is 0 Å². The molecule has 0 aliphatic heterocycles. The van der Waals surface area contributed by atoms with E-state index in [4.69, 9.17) is 4.74 Å². The molecule has 0 bridgehead atoms. The van der Waals surface area contributed by atoms with Crippen molar-refractivity contribution < 1.29 is 9.53 Å². The van der Waals surface area contributed by atoms with Gasteiger partial charge in [0.05, 0.1) is 6.61 Å². The number of hydrogen-bond donors (Lipinski definition) is 2. The number of carbonyl (C=O) groups is 1. The molecule has 0 saturated heterocycles. The molecule has 4 nitrogen and oxygen atoms in total. The Balaban J connectivity index is 1.78. The van der Waals surface area contributed by atoms with E-state index in [-0.39, 0.29) is 6.09 Å². The fraction of sp³-hybridized carbons (Fsp3) is 0.400. The number of benzene rings is 1. The largest absolute Gasteiger partial charge is 0.450 e. The first-order valence-corrected chi connectivity index (χ1v) is 6.77. The first kappa shape index (κ1) is 13.5. The number of unbranched alkanes of at least 4 members (excludes halogenated alkanes) is 1. The minimum atomic E-state index is -0.326. The fourth-order valence-electron chi connectivity index (χ4n) is 2.00. The quantitative estimate of drug-likeness (QED) is 0.783. The number of amides is 1. The van der Waals surface area contributed by atoms with E-state index >= 15 is 0 Å². The summed E-state index contributed by atoms with van der Waals surface area (Å²) in [6.45, 7) is 3.15. The summed E-state index contributed by atoms with van der Waals surface area (Å²) >= 11 is 0. The topological polar surface area (TPSA) is 54.1 Å². The zero-order chi connectivity index (χ0) is 13.5. The molecule has 0 atom stereocenters. The number of para-hydroxylation sites is 1. The second-order valence-electron chi connectivity index (χ2n) is 4.53. The first-order chi connectivity index (χ1) is 9.31. The molecule has 102 valence electrons. The standard InChI is InChI=1S/C15H20N2O2/c1-2-3-10-19-15(18)16-9-8-12-11-17-14-7-5-4-6-13(12)14/h4-7,11,17H,2-3,8-10H2,1H3,(H,16,18). The molecule has 0 fully saturated rings. The minimum absolute atomic E-state index is 0.326. The van der Waals surface area contributed by atoms with Crippen LogP contribution in [0.3, 0.4) is 0 Å². The third-order valence-electron chi connectivity index (χ3n) is 3.07. The third-order valence-corrected chi connectivity index (χ3v) is 3.07. The molecule has 0 aliphatic carbocycles. The zero-order valence-electron chi connectivity index (χ0n) is 11.2. The summed E-state index contributed by atoms with van der Waals surface area (Å²) in [6.07, 6.45) is 4.41. The fourth-order valence-corrected chi connectivity index (χ4v) is 2.00. The number of alkyl carbamates (subject to hydrolysis) is 1. The van der Waals surface area contributed by atoms with E-state index in [1.165, 1.54) is 10.9 Å². The normalized spacial score (nSPS) is 10.6. The molecule has 19 heavy (non-hydrogen) atoms. The molecule has 1 heterocycles. The maximum Gasteiger partial charge on any atom is 0.407 e. The molecule has 0 aliphatic rings. The Morgan fingerprint density at radius 1 is 1.37 bits per heavy atom. The van der Waals surface area contributed by atoms with E-state index in [2.05, 4.69) is 23.3 Å². The van der Waals surface area contributed by atoms with Crippen LogP contribution in [0.4, 0.5) is 4.79 Å². The average Bonchev–Trinajstić information content (AvgIpc) is 2.83. The molecule has 0 radical (unpaired) electrons. The molecule has 2 rings (SSSR count). The van der Waals surface area contributed by atoms with Gasteiger partial charge in [0.2, 0.25) is 0 Å². The highest BCUT2D eigenvalue weighted by atomic mass is 16.5. The summed E-state index contributed by atoms with van der Waals surface area (Å²) in [5.74, 6) is 0. The minimum Gasteiger partial charge on any atom is -0.450 e. The number of aromatic nitrogens is 1. The predicted molar refractivity (Wildman–Crippen MR) is 76.3 cm³/mol. The number of hydrogen-bond acceptors (Lipinski definition) is 2. The lowest BCUT2D eigenvalue weighted by Crippen LogP contribution is -2.26. The van der Waals surface area contributed by atoms with Gasteiger partial charge < -0.3 is 15.0 Å². The van der Waals surface area contributed by atoms with Crippen LogP contribution >= 0.6 is 0 Å². The van der Waals surface area contributed by atoms with E-state index in [0.717, 1.165) is 24.8 Å². The Kier molecular flexibility index (Phi) is 4.84. The Labute approximate surface area is 113 Å². The maximum atomic E-state index is 11.4. The number of rotatable bonds is 6. The summed E-state index contributed by atoms with van der Waals surface area (Å²) in [5, 5.41) is 3.98. The molecule has 0 spiro atoms. The van der Waals surface area contributed by atoms with Crippen LogP contribution in [0.25, 0.3) is 10.9 Å². The van der Waals surface area contributed by atoms with Crippen LogP contribution in [0.1, 0.15) is 25.3 Å². The Morgan fingerprint density at radius 2 is 2.21 bits per heavy atom. The molecule has 1 aromatic heterocycles. The Hall–Kier alpha value is -1.97. The number of carbonyl (C=O) groups excluding carboxylic acids is 1. The van der Waals surface area contributed by atoms with Crippen LogP contribution in [0.5, 0.6) is 0 Å². The van der Waals surface area contributed by atoms with E-state index in [0.29, 0.717) is 13.2 Å². The van der Waals surface area contributed by atoms with Crippen molar-refractivity contribution in [1.29, 1.82) is 0 Å². The van der Waals surface area contributed by atoms with Crippen molar-refractivity contribution in [2.75, 3.05) is 13.2 Å². The van der Waals surface area contributed by atoms with Crippen molar-refractivity contribution in [3.05, 3.63) is 36.0 Å². The van der Waals surface area contributed by atoms with Gasteiger partial charge in [-0.25, -0.2) is 4.79 Å². The van der Waals surface area contributed by atoms with Gasteiger partial charge in [-0.05, 0) is 24.5 Å². The lowest BCUT2D eigenvalue weighted by molar-refractivity contribution is 0.144. The molecular weight excluding hydrogens is 240 g/mol. The molecule has 2 N–H and O–H groups in total. The molecule has 4 heteroatoms. The van der Waals surface area contributed by atoms with Gasteiger partial charge in [-0.3, -0.25) is 0 Å². The highest BCUT2D eigenvalue weighted by Crippen LogP contribution is 2.17. The Bertz CT molecular complexity index is 534. The van der Waals surface area contributed by atoms with Gasteiger partial charge in [-0.15, -0.1) is 0 Å². The third kappa shape index (κ3) is 3.74. The van der Waals surface area contributed by atoms with Crippen molar-refractivity contribution in [1.82, 2.24) is 10.3 Å². The Morgan fingerprint density at radius 3 is 3.05 bits per heavy atom. The average molecular weight is 260 g/mol. The number of fused-ring (bicyclic) bond motifs is 1. The summed E-state index contributed by atoms with van der Waals surface area (Å²) in [6, 6.07) is 8.16. The van der Waals surface area contributed by atoms with Crippen LogP contribution in [-0.4, -0.2) is 24.2 Å². The molecule has 0 saturated carbocycles. The van der Waals surface area contributed by atoms with Gasteiger partial charge in [-0.1, -0.05) is 31.5 Å². The van der Waals surface area contributed by atoms with Crippen LogP contribution in [0.2, 0.25) is 0 Å². The highest BCUT2D eigenvalue weighted by molar-refractivity contribution is 5.83. The predicted octanol–water partition coefficient (Wildman–Crippen LogP) is 3.24. The van der Waals surface area contributed by atoms with Crippen molar-refractivity contribution in [3.63, 3.8) is 0 Å². The van der Waals surface area contributed by atoms with Gasteiger partial charge in [0, 0.05) is 23.6 Å². The molecular formula is C15H20N2O2. The summed E-state index contributed by atoms with van der Waals surface area (Å²) in [4.78, 5) is 14.6. The highest BCUT2D eigenvalue weighted by Gasteiger charge is 2.04. The van der Waals surface area contributed by atoms with Crippen LogP contribution in [-0.2, 0) is 11.2 Å². The monoisotopic (exact) mass is 260 g/mol. The summed E-state index contributed by atoms with van der Waals surface area (Å²) < 4.78 is 5.03. The van der Waals surface area contributed by atoms with Crippen LogP contribution in [0.15, 0.2) is 30.5 Å². The van der Waals surface area contributed by atoms with Crippen LogP contribution < -0.4 is 5.32 Å². The van der Waals surface area contributed by atoms with E-state index in [9.17, 15) is 4.79 Å². The lowest BCUT2D eigenvalue weighted by atomic mass is 10.1. The lowest BCUT2D eigenvalue weighted by Gasteiger charge is -2.05. The molecule has 2 aromatic rings. The maximum absolute atomic E-state index is 11.4. The number of aromatic amines is 1. The van der Waals surface area contributed by atoms with Crippen molar-refractivity contribution >= 4 is 17.0 Å². The summed E-state index contributed by atoms with van der Waals surface area (Å²) in [5.41, 5.74) is 2.34. The van der Waals surface area contributed by atoms with E-state index in [1.54, 1.807) is 0 Å². The number of nitrogens with one attached hydrogen (secondary N) is 2. The molecule has 1 amide bonds. The van der Waals surface area contributed by atoms with Gasteiger partial charge >= 0.3 is 6.09 Å². The second kappa shape index (κ2) is 6.83. The van der Waals surface area contributed by atoms with Crippen molar-refractivity contribution in [2.24, 2.45) is 0 Å².